The minimum absolute atomic E-state index is 0.0312. The normalized spacial score (nSPS) is 16.4. The summed E-state index contributed by atoms with van der Waals surface area (Å²) in [5.74, 6) is -3.08. The lowest BCUT2D eigenvalue weighted by Gasteiger charge is -2.13. The van der Waals surface area contributed by atoms with Crippen LogP contribution >= 0.6 is 27.5 Å². The van der Waals surface area contributed by atoms with E-state index in [2.05, 4.69) is 15.9 Å². The number of carbonyl (C=O) groups is 1. The largest absolute Gasteiger partial charge is 0.301 e. The highest BCUT2D eigenvalue weighted by Crippen LogP contribution is 2.52. The Morgan fingerprint density at radius 3 is 2.35 bits per heavy atom. The molecule has 0 saturated heterocycles. The summed E-state index contributed by atoms with van der Waals surface area (Å²) in [7, 11) is 0. The van der Waals surface area contributed by atoms with E-state index in [1.165, 1.54) is 12.1 Å². The zero-order valence-corrected chi connectivity index (χ0v) is 12.4. The van der Waals surface area contributed by atoms with Gasteiger partial charge in [0, 0.05) is 15.6 Å². The van der Waals surface area contributed by atoms with Crippen molar-refractivity contribution in [1.29, 1.82) is 0 Å². The molecular formula is C15H8BrClF2O. The van der Waals surface area contributed by atoms with E-state index in [-0.39, 0.29) is 11.1 Å². The summed E-state index contributed by atoms with van der Waals surface area (Å²) < 4.78 is 29.6. The molecule has 0 heterocycles. The molecule has 0 aliphatic heterocycles. The van der Waals surface area contributed by atoms with Gasteiger partial charge in [-0.15, -0.1) is 11.6 Å². The number of alkyl halides is 3. The zero-order valence-electron chi connectivity index (χ0n) is 10.0. The highest BCUT2D eigenvalue weighted by molar-refractivity contribution is 9.10. The SMILES string of the molecule is O=CC(Cl)c1ccc2c(c1)C(F)(F)c1cc(Br)ccc1-2. The molecule has 1 aliphatic carbocycles. The molecule has 0 N–H and O–H groups in total. The van der Waals surface area contributed by atoms with Gasteiger partial charge in [-0.25, -0.2) is 0 Å². The number of hydrogen-bond donors (Lipinski definition) is 0. The molecule has 0 amide bonds. The number of carbonyl (C=O) groups excluding carboxylic acids is 1. The molecule has 1 atom stereocenters. The van der Waals surface area contributed by atoms with Crippen LogP contribution in [0, 0.1) is 0 Å². The first kappa shape index (κ1) is 13.7. The lowest BCUT2D eigenvalue weighted by Crippen LogP contribution is -2.11. The molecule has 2 aromatic carbocycles. The number of rotatable bonds is 2. The smallest absolute Gasteiger partial charge is 0.299 e. The van der Waals surface area contributed by atoms with E-state index in [1.54, 1.807) is 24.3 Å². The third kappa shape index (κ3) is 1.90. The van der Waals surface area contributed by atoms with Crippen LogP contribution in [0.3, 0.4) is 0 Å². The maximum absolute atomic E-state index is 14.5. The summed E-state index contributed by atoms with van der Waals surface area (Å²) in [4.78, 5) is 10.7. The Morgan fingerprint density at radius 2 is 1.70 bits per heavy atom. The highest BCUT2D eigenvalue weighted by atomic mass is 79.9. The van der Waals surface area contributed by atoms with Crippen molar-refractivity contribution in [2.75, 3.05) is 0 Å². The van der Waals surface area contributed by atoms with Gasteiger partial charge in [0.1, 0.15) is 11.7 Å². The van der Waals surface area contributed by atoms with Crippen LogP contribution in [-0.2, 0) is 10.7 Å². The van der Waals surface area contributed by atoms with Crippen molar-refractivity contribution in [3.8, 4) is 11.1 Å². The third-order valence-corrected chi connectivity index (χ3v) is 4.28. The second kappa shape index (κ2) is 4.64. The van der Waals surface area contributed by atoms with E-state index in [0.717, 1.165) is 0 Å². The molecule has 5 heteroatoms. The first-order valence-corrected chi connectivity index (χ1v) is 7.10. The minimum atomic E-state index is -3.08. The standard InChI is InChI=1S/C15H8BrClF2O/c16-9-2-4-11-10-3-1-8(14(17)7-20)5-12(10)15(18,19)13(11)6-9/h1-7,14H. The van der Waals surface area contributed by atoms with Gasteiger partial charge in [0.05, 0.1) is 0 Å². The molecule has 1 nitrogen and oxygen atoms in total. The molecule has 1 unspecified atom stereocenters. The number of fused-ring (bicyclic) bond motifs is 3. The van der Waals surface area contributed by atoms with Crippen molar-refractivity contribution < 1.29 is 13.6 Å². The second-order valence-corrected chi connectivity index (χ2v) is 5.99. The number of benzene rings is 2. The van der Waals surface area contributed by atoms with Crippen molar-refractivity contribution in [1.82, 2.24) is 0 Å². The molecule has 0 radical (unpaired) electrons. The molecular weight excluding hydrogens is 350 g/mol. The van der Waals surface area contributed by atoms with Crippen LogP contribution in [0.25, 0.3) is 11.1 Å². The average Bonchev–Trinajstić information content (AvgIpc) is 2.66. The summed E-state index contributed by atoms with van der Waals surface area (Å²) in [5.41, 5.74) is 1.24. The average molecular weight is 358 g/mol. The zero-order chi connectivity index (χ0) is 14.5. The fraction of sp³-hybridized carbons (Fsp3) is 0.133. The molecule has 0 bridgehead atoms. The monoisotopic (exact) mass is 356 g/mol. The fourth-order valence-electron chi connectivity index (χ4n) is 2.46. The number of aldehydes is 1. The lowest BCUT2D eigenvalue weighted by molar-refractivity contribution is -0.107. The first-order valence-electron chi connectivity index (χ1n) is 5.87. The van der Waals surface area contributed by atoms with Crippen LogP contribution in [0.4, 0.5) is 8.78 Å². The van der Waals surface area contributed by atoms with Gasteiger partial charge in [0.15, 0.2) is 0 Å². The molecule has 3 rings (SSSR count). The van der Waals surface area contributed by atoms with Crippen molar-refractivity contribution >= 4 is 33.8 Å². The molecule has 1 aliphatic rings. The van der Waals surface area contributed by atoms with E-state index >= 15 is 0 Å². The van der Waals surface area contributed by atoms with Gasteiger partial charge in [0.2, 0.25) is 0 Å². The van der Waals surface area contributed by atoms with Crippen molar-refractivity contribution in [2.24, 2.45) is 0 Å². The molecule has 102 valence electrons. The molecule has 0 saturated carbocycles. The topological polar surface area (TPSA) is 17.1 Å². The second-order valence-electron chi connectivity index (χ2n) is 4.61. The number of halogens is 4. The molecule has 0 spiro atoms. The van der Waals surface area contributed by atoms with Crippen molar-refractivity contribution in [2.45, 2.75) is 11.3 Å². The Labute approximate surface area is 127 Å². The predicted octanol–water partition coefficient (Wildman–Crippen LogP) is 5.05. The van der Waals surface area contributed by atoms with Gasteiger partial charge in [-0.05, 0) is 34.9 Å². The first-order chi connectivity index (χ1) is 9.45. The maximum Gasteiger partial charge on any atom is 0.299 e. The fourth-order valence-corrected chi connectivity index (χ4v) is 2.96. The molecule has 0 aromatic heterocycles. The van der Waals surface area contributed by atoms with E-state index < -0.39 is 11.3 Å². The third-order valence-electron chi connectivity index (χ3n) is 3.43. The van der Waals surface area contributed by atoms with Crippen LogP contribution < -0.4 is 0 Å². The lowest BCUT2D eigenvalue weighted by atomic mass is 10.0. The molecule has 20 heavy (non-hydrogen) atoms. The van der Waals surface area contributed by atoms with Gasteiger partial charge in [-0.2, -0.15) is 8.78 Å². The molecule has 2 aromatic rings. The van der Waals surface area contributed by atoms with E-state index in [4.69, 9.17) is 11.6 Å². The van der Waals surface area contributed by atoms with Gasteiger partial charge >= 0.3 is 0 Å². The Morgan fingerprint density at radius 1 is 1.10 bits per heavy atom. The van der Waals surface area contributed by atoms with E-state index in [9.17, 15) is 13.6 Å². The van der Waals surface area contributed by atoms with Crippen molar-refractivity contribution in [3.63, 3.8) is 0 Å². The Bertz CT molecular complexity index is 715. The summed E-state index contributed by atoms with van der Waals surface area (Å²) in [5, 5.41) is -0.911. The summed E-state index contributed by atoms with van der Waals surface area (Å²) in [6.45, 7) is 0. The quantitative estimate of drug-likeness (QED) is 0.543. The summed E-state index contributed by atoms with van der Waals surface area (Å²) in [6, 6.07) is 9.34. The van der Waals surface area contributed by atoms with Crippen LogP contribution in [0.1, 0.15) is 22.1 Å². The predicted molar refractivity (Wildman–Crippen MR) is 77.2 cm³/mol. The molecule has 0 fully saturated rings. The van der Waals surface area contributed by atoms with Gasteiger partial charge < -0.3 is 4.79 Å². The van der Waals surface area contributed by atoms with Crippen LogP contribution in [0.15, 0.2) is 40.9 Å². The summed E-state index contributed by atoms with van der Waals surface area (Å²) in [6.07, 6.45) is 0.528. The Kier molecular flexibility index (Phi) is 3.18. The Hall–Kier alpha value is -1.26. The number of hydrogen-bond acceptors (Lipinski definition) is 1. The van der Waals surface area contributed by atoms with Crippen LogP contribution in [-0.4, -0.2) is 6.29 Å². The van der Waals surface area contributed by atoms with Gasteiger partial charge in [0.25, 0.3) is 5.92 Å². The Balaban J connectivity index is 2.24. The maximum atomic E-state index is 14.5. The van der Waals surface area contributed by atoms with E-state index in [1.807, 2.05) is 0 Å². The van der Waals surface area contributed by atoms with Crippen molar-refractivity contribution in [3.05, 3.63) is 57.6 Å². The van der Waals surface area contributed by atoms with Crippen LogP contribution in [0.5, 0.6) is 0 Å². The summed E-state index contributed by atoms with van der Waals surface area (Å²) >= 11 is 9.01. The highest BCUT2D eigenvalue weighted by Gasteiger charge is 2.44. The van der Waals surface area contributed by atoms with Gasteiger partial charge in [-0.1, -0.05) is 34.1 Å². The van der Waals surface area contributed by atoms with Crippen LogP contribution in [0.2, 0.25) is 0 Å². The van der Waals surface area contributed by atoms with Gasteiger partial charge in [-0.3, -0.25) is 0 Å². The van der Waals surface area contributed by atoms with E-state index in [0.29, 0.717) is 27.4 Å². The minimum Gasteiger partial charge on any atom is -0.301 e.